The first kappa shape index (κ1) is 12.5. The van der Waals surface area contributed by atoms with E-state index in [1.54, 1.807) is 4.68 Å². The van der Waals surface area contributed by atoms with Gasteiger partial charge in [0.25, 0.3) is 0 Å². The second kappa shape index (κ2) is 4.39. The van der Waals surface area contributed by atoms with Crippen LogP contribution in [0, 0.1) is 6.92 Å². The van der Waals surface area contributed by atoms with Crippen LogP contribution in [0.3, 0.4) is 0 Å². The van der Waals surface area contributed by atoms with E-state index in [4.69, 9.17) is 0 Å². The van der Waals surface area contributed by atoms with Gasteiger partial charge in [-0.15, -0.1) is 0 Å². The number of imidazole rings is 1. The van der Waals surface area contributed by atoms with Gasteiger partial charge >= 0.3 is 0 Å². The van der Waals surface area contributed by atoms with Gasteiger partial charge in [0.2, 0.25) is 0 Å². The summed E-state index contributed by atoms with van der Waals surface area (Å²) in [7, 11) is 1.91. The van der Waals surface area contributed by atoms with Crippen molar-refractivity contribution < 1.29 is 0 Å². The molecule has 6 heteroatoms. The predicted molar refractivity (Wildman–Crippen MR) is 85.1 cm³/mol. The highest BCUT2D eigenvalue weighted by Crippen LogP contribution is 2.27. The summed E-state index contributed by atoms with van der Waals surface area (Å²) in [5.74, 6) is 0. The Labute approximate surface area is 129 Å². The molecule has 5 nitrogen and oxygen atoms in total. The molecule has 0 aliphatic heterocycles. The molecule has 0 saturated carbocycles. The zero-order chi connectivity index (χ0) is 14.6. The molecule has 0 unspecified atom stereocenters. The number of rotatable bonds is 1. The van der Waals surface area contributed by atoms with Gasteiger partial charge < -0.3 is 4.40 Å². The number of aryl methyl sites for hydroxylation is 2. The Hall–Kier alpha value is -2.21. The molecule has 0 N–H and O–H groups in total. The summed E-state index contributed by atoms with van der Waals surface area (Å²) in [6.07, 6.45) is 7.70. The van der Waals surface area contributed by atoms with E-state index >= 15 is 0 Å². The van der Waals surface area contributed by atoms with Crippen molar-refractivity contribution in [3.8, 4) is 11.1 Å². The molecule has 0 aliphatic rings. The van der Waals surface area contributed by atoms with Crippen LogP contribution in [0.4, 0.5) is 0 Å². The number of nitrogens with zero attached hydrogens (tertiary/aromatic N) is 5. The van der Waals surface area contributed by atoms with Crippen LogP contribution in [-0.4, -0.2) is 24.1 Å². The highest BCUT2D eigenvalue weighted by Gasteiger charge is 2.11. The minimum absolute atomic E-state index is 0.863. The molecule has 4 rings (SSSR count). The zero-order valence-electron chi connectivity index (χ0n) is 11.6. The molecule has 0 aromatic carbocycles. The number of hydrogen-bond acceptors (Lipinski definition) is 3. The lowest BCUT2D eigenvalue weighted by atomic mass is 10.1. The summed E-state index contributed by atoms with van der Waals surface area (Å²) in [6.45, 7) is 2.04. The second-order valence-corrected chi connectivity index (χ2v) is 5.81. The predicted octanol–water partition coefficient (Wildman–Crippen LogP) is 3.35. The van der Waals surface area contributed by atoms with Gasteiger partial charge in [0, 0.05) is 42.2 Å². The average Bonchev–Trinajstić information content (AvgIpc) is 3.04. The van der Waals surface area contributed by atoms with Gasteiger partial charge in [-0.05, 0) is 35.0 Å². The van der Waals surface area contributed by atoms with Crippen LogP contribution in [0.2, 0.25) is 0 Å². The fourth-order valence-electron chi connectivity index (χ4n) is 2.52. The Bertz CT molecular complexity index is 982. The lowest BCUT2D eigenvalue weighted by Gasteiger charge is -2.03. The topological polar surface area (TPSA) is 48.0 Å². The van der Waals surface area contributed by atoms with Crippen LogP contribution in [0.5, 0.6) is 0 Å². The minimum atomic E-state index is 0.863. The Balaban J connectivity index is 2.05. The molecule has 0 amide bonds. The third-order valence-electron chi connectivity index (χ3n) is 3.67. The highest BCUT2D eigenvalue weighted by atomic mass is 79.9. The monoisotopic (exact) mass is 341 g/mol. The Morgan fingerprint density at radius 2 is 2.05 bits per heavy atom. The minimum Gasteiger partial charge on any atom is -0.303 e. The van der Waals surface area contributed by atoms with Crippen molar-refractivity contribution in [3.63, 3.8) is 0 Å². The van der Waals surface area contributed by atoms with Crippen LogP contribution in [0.15, 0.2) is 41.5 Å². The molecular weight excluding hydrogens is 330 g/mol. The molecule has 0 radical (unpaired) electrons. The van der Waals surface area contributed by atoms with Crippen LogP contribution in [0.25, 0.3) is 27.7 Å². The average molecular weight is 342 g/mol. The largest absolute Gasteiger partial charge is 0.303 e. The summed E-state index contributed by atoms with van der Waals surface area (Å²) < 4.78 is 4.72. The lowest BCUT2D eigenvalue weighted by molar-refractivity contribution is 0.768. The number of pyridine rings is 2. The maximum Gasteiger partial charge on any atom is 0.147 e. The summed E-state index contributed by atoms with van der Waals surface area (Å²) in [4.78, 5) is 9.15. The zero-order valence-corrected chi connectivity index (χ0v) is 13.2. The molecule has 0 atom stereocenters. The fraction of sp³-hybridized carbons (Fsp3) is 0.133. The van der Waals surface area contributed by atoms with Gasteiger partial charge in [-0.25, -0.2) is 4.98 Å². The number of halogens is 1. The first-order valence-electron chi connectivity index (χ1n) is 6.55. The Kier molecular flexibility index (Phi) is 2.62. The molecule has 21 heavy (non-hydrogen) atoms. The highest BCUT2D eigenvalue weighted by molar-refractivity contribution is 9.10. The van der Waals surface area contributed by atoms with Gasteiger partial charge in [0.15, 0.2) is 0 Å². The van der Waals surface area contributed by atoms with E-state index in [1.807, 2.05) is 44.8 Å². The molecule has 4 aromatic rings. The van der Waals surface area contributed by atoms with Crippen LogP contribution in [0.1, 0.15) is 5.69 Å². The van der Waals surface area contributed by atoms with E-state index in [9.17, 15) is 0 Å². The first-order valence-corrected chi connectivity index (χ1v) is 7.35. The molecular formula is C15H12BrN5. The van der Waals surface area contributed by atoms with Crippen molar-refractivity contribution in [1.29, 1.82) is 0 Å². The molecule has 0 saturated heterocycles. The summed E-state index contributed by atoms with van der Waals surface area (Å²) >= 11 is 3.50. The first-order chi connectivity index (χ1) is 10.1. The Morgan fingerprint density at radius 1 is 1.19 bits per heavy atom. The lowest BCUT2D eigenvalue weighted by Crippen LogP contribution is -1.90. The number of hydrogen-bond donors (Lipinski definition) is 0. The van der Waals surface area contributed by atoms with Gasteiger partial charge in [-0.2, -0.15) is 5.10 Å². The van der Waals surface area contributed by atoms with Crippen molar-refractivity contribution in [2.75, 3.05) is 0 Å². The van der Waals surface area contributed by atoms with Crippen LogP contribution >= 0.6 is 15.9 Å². The third-order valence-corrected chi connectivity index (χ3v) is 4.42. The molecule has 0 spiro atoms. The second-order valence-electron chi connectivity index (χ2n) is 5.06. The van der Waals surface area contributed by atoms with Crippen molar-refractivity contribution in [2.24, 2.45) is 7.05 Å². The van der Waals surface area contributed by atoms with Gasteiger partial charge in [-0.1, -0.05) is 0 Å². The van der Waals surface area contributed by atoms with E-state index in [-0.39, 0.29) is 0 Å². The normalized spacial score (nSPS) is 11.6. The molecule has 0 fully saturated rings. The van der Waals surface area contributed by atoms with Crippen molar-refractivity contribution in [3.05, 3.63) is 47.2 Å². The van der Waals surface area contributed by atoms with Crippen LogP contribution in [-0.2, 0) is 7.05 Å². The molecule has 4 heterocycles. The van der Waals surface area contributed by atoms with E-state index in [0.717, 1.165) is 38.0 Å². The van der Waals surface area contributed by atoms with Crippen molar-refractivity contribution in [2.45, 2.75) is 6.92 Å². The van der Waals surface area contributed by atoms with Crippen molar-refractivity contribution >= 4 is 32.5 Å². The van der Waals surface area contributed by atoms with E-state index < -0.39 is 0 Å². The van der Waals surface area contributed by atoms with Crippen molar-refractivity contribution in [1.82, 2.24) is 24.1 Å². The third kappa shape index (κ3) is 1.86. The Morgan fingerprint density at radius 3 is 2.81 bits per heavy atom. The van der Waals surface area contributed by atoms with E-state index in [2.05, 4.69) is 41.5 Å². The van der Waals surface area contributed by atoms with Gasteiger partial charge in [0.05, 0.1) is 17.4 Å². The summed E-state index contributed by atoms with van der Waals surface area (Å²) in [5, 5.41) is 5.25. The van der Waals surface area contributed by atoms with Crippen LogP contribution < -0.4 is 0 Å². The maximum absolute atomic E-state index is 4.60. The van der Waals surface area contributed by atoms with E-state index in [1.165, 1.54) is 0 Å². The number of aromatic nitrogens is 5. The SMILES string of the molecule is Cc1c(Br)nc2c3cc(-c4cnn(C)c4)cnc3ccn12. The molecule has 104 valence electrons. The summed E-state index contributed by atoms with van der Waals surface area (Å²) in [6, 6.07) is 4.13. The van der Waals surface area contributed by atoms with Gasteiger partial charge in [0.1, 0.15) is 10.3 Å². The molecule has 4 aromatic heterocycles. The molecule has 0 aliphatic carbocycles. The summed E-state index contributed by atoms with van der Waals surface area (Å²) in [5.41, 5.74) is 5.03. The quantitative estimate of drug-likeness (QED) is 0.533. The van der Waals surface area contributed by atoms with E-state index in [0.29, 0.717) is 0 Å². The number of fused-ring (bicyclic) bond motifs is 3. The fourth-order valence-corrected chi connectivity index (χ4v) is 2.88. The standard InChI is InChI=1S/C15H12BrN5/c1-9-14(16)19-15-12-5-10(11-7-18-20(2)8-11)6-17-13(12)3-4-21(9)15/h3-8H,1-2H3. The smallest absolute Gasteiger partial charge is 0.147 e. The maximum atomic E-state index is 4.60. The molecule has 0 bridgehead atoms. The van der Waals surface area contributed by atoms with Gasteiger partial charge in [-0.3, -0.25) is 9.67 Å².